The maximum Gasteiger partial charge on any atom is 0.365 e. The Morgan fingerprint density at radius 1 is 1.15 bits per heavy atom. The third-order valence-corrected chi connectivity index (χ3v) is 4.72. The molecule has 1 aromatic heterocycles. The van der Waals surface area contributed by atoms with Crippen molar-refractivity contribution in [3.8, 4) is 11.3 Å². The third kappa shape index (κ3) is 4.06. The number of hydrogen-bond donors (Lipinski definition) is 1. The second kappa shape index (κ2) is 7.72. The summed E-state index contributed by atoms with van der Waals surface area (Å²) in [7, 11) is 0. The van der Waals surface area contributed by atoms with Crippen LogP contribution < -0.4 is 11.0 Å². The Hall–Kier alpha value is -2.99. The minimum absolute atomic E-state index is 0.334. The number of aromatic nitrogens is 3. The monoisotopic (exact) mass is 382 g/mol. The van der Waals surface area contributed by atoms with E-state index in [9.17, 15) is 9.59 Å². The van der Waals surface area contributed by atoms with E-state index < -0.39 is 11.7 Å². The summed E-state index contributed by atoms with van der Waals surface area (Å²) in [5, 5.41) is 7.57. The Kier molecular flexibility index (Phi) is 5.37. The van der Waals surface area contributed by atoms with Gasteiger partial charge >= 0.3 is 5.69 Å². The predicted octanol–water partition coefficient (Wildman–Crippen LogP) is 3.78. The van der Waals surface area contributed by atoms with Crippen LogP contribution in [-0.2, 0) is 4.79 Å². The molecule has 2 aromatic carbocycles. The van der Waals surface area contributed by atoms with Gasteiger partial charge in [-0.2, -0.15) is 10.1 Å². The molecule has 6 nitrogen and oxygen atoms in total. The highest BCUT2D eigenvalue weighted by Gasteiger charge is 2.19. The van der Waals surface area contributed by atoms with Gasteiger partial charge in [-0.3, -0.25) is 4.79 Å². The van der Waals surface area contributed by atoms with Crippen LogP contribution in [0.5, 0.6) is 0 Å². The first-order chi connectivity index (χ1) is 12.9. The molecule has 27 heavy (non-hydrogen) atoms. The highest BCUT2D eigenvalue weighted by molar-refractivity contribution is 6.30. The summed E-state index contributed by atoms with van der Waals surface area (Å²) in [4.78, 5) is 29.0. The molecular formula is C20H19ClN4O2. The van der Waals surface area contributed by atoms with Crippen molar-refractivity contribution in [3.05, 3.63) is 75.3 Å². The van der Waals surface area contributed by atoms with E-state index in [-0.39, 0.29) is 5.91 Å². The number of hydrogen-bond acceptors (Lipinski definition) is 4. The lowest BCUT2D eigenvalue weighted by Gasteiger charge is -2.15. The number of benzene rings is 2. The highest BCUT2D eigenvalue weighted by Crippen LogP contribution is 2.20. The fraction of sp³-hybridized carbons (Fsp3) is 0.200. The Morgan fingerprint density at radius 2 is 1.85 bits per heavy atom. The van der Waals surface area contributed by atoms with Crippen molar-refractivity contribution < 1.29 is 4.79 Å². The largest absolute Gasteiger partial charge is 0.365 e. The molecule has 0 spiro atoms. The summed E-state index contributed by atoms with van der Waals surface area (Å²) in [6.07, 6.45) is 1.46. The van der Waals surface area contributed by atoms with Crippen molar-refractivity contribution in [2.24, 2.45) is 0 Å². The molecule has 1 amide bonds. The Balaban J connectivity index is 1.83. The molecule has 1 heterocycles. The molecule has 0 fully saturated rings. The van der Waals surface area contributed by atoms with Gasteiger partial charge in [0.15, 0.2) is 0 Å². The summed E-state index contributed by atoms with van der Waals surface area (Å²) >= 11 is 5.87. The van der Waals surface area contributed by atoms with Crippen molar-refractivity contribution in [1.82, 2.24) is 14.8 Å². The number of carbonyl (C=O) groups is 1. The van der Waals surface area contributed by atoms with Crippen LogP contribution in [0.15, 0.2) is 53.5 Å². The van der Waals surface area contributed by atoms with Gasteiger partial charge in [0.25, 0.3) is 0 Å². The second-order valence-corrected chi connectivity index (χ2v) is 6.72. The highest BCUT2D eigenvalue weighted by atomic mass is 35.5. The lowest BCUT2D eigenvalue weighted by molar-refractivity contribution is -0.119. The van der Waals surface area contributed by atoms with E-state index >= 15 is 0 Å². The number of aryl methyl sites for hydroxylation is 1. The number of carbonyl (C=O) groups excluding carboxylic acids is 1. The van der Waals surface area contributed by atoms with Gasteiger partial charge < -0.3 is 5.32 Å². The molecule has 0 radical (unpaired) electrons. The molecule has 1 atom stereocenters. The van der Waals surface area contributed by atoms with Crippen LogP contribution in [0, 0.1) is 13.8 Å². The van der Waals surface area contributed by atoms with E-state index in [4.69, 9.17) is 11.6 Å². The second-order valence-electron chi connectivity index (χ2n) is 6.29. The zero-order chi connectivity index (χ0) is 19.6. The van der Waals surface area contributed by atoms with Crippen molar-refractivity contribution in [1.29, 1.82) is 0 Å². The molecule has 1 N–H and O–H groups in total. The Bertz CT molecular complexity index is 1040. The SMILES string of the molecule is Cc1cccc(NC(=O)[C@@H](C)n2ncc(-c3ccc(Cl)cc3)nc2=O)c1C. The normalized spacial score (nSPS) is 11.9. The number of anilines is 1. The summed E-state index contributed by atoms with van der Waals surface area (Å²) in [5.74, 6) is -0.334. The van der Waals surface area contributed by atoms with Crippen LogP contribution in [0.25, 0.3) is 11.3 Å². The van der Waals surface area contributed by atoms with Crippen LogP contribution in [-0.4, -0.2) is 20.7 Å². The topological polar surface area (TPSA) is 76.9 Å². The van der Waals surface area contributed by atoms with E-state index in [0.29, 0.717) is 16.4 Å². The Labute approximate surface area is 161 Å². The van der Waals surface area contributed by atoms with Gasteiger partial charge in [0.2, 0.25) is 5.91 Å². The molecule has 0 unspecified atom stereocenters. The maximum absolute atomic E-state index is 12.6. The average Bonchev–Trinajstić information content (AvgIpc) is 2.65. The van der Waals surface area contributed by atoms with Gasteiger partial charge in [0, 0.05) is 16.3 Å². The van der Waals surface area contributed by atoms with Crippen LogP contribution in [0.1, 0.15) is 24.1 Å². The first-order valence-electron chi connectivity index (χ1n) is 8.45. The molecule has 3 aromatic rings. The molecule has 138 valence electrons. The van der Waals surface area contributed by atoms with Crippen molar-refractivity contribution in [2.45, 2.75) is 26.8 Å². The molecule has 7 heteroatoms. The fourth-order valence-electron chi connectivity index (χ4n) is 2.61. The minimum Gasteiger partial charge on any atom is -0.324 e. The molecule has 0 bridgehead atoms. The lowest BCUT2D eigenvalue weighted by atomic mass is 10.1. The first kappa shape index (κ1) is 18.8. The number of rotatable bonds is 4. The zero-order valence-electron chi connectivity index (χ0n) is 15.2. The van der Waals surface area contributed by atoms with Gasteiger partial charge in [0.1, 0.15) is 6.04 Å². The average molecular weight is 383 g/mol. The quantitative estimate of drug-likeness (QED) is 0.745. The first-order valence-corrected chi connectivity index (χ1v) is 8.83. The number of nitrogens with one attached hydrogen (secondary N) is 1. The molecule has 0 saturated carbocycles. The molecular weight excluding hydrogens is 364 g/mol. The fourth-order valence-corrected chi connectivity index (χ4v) is 2.74. The minimum atomic E-state index is -0.802. The molecule has 0 aliphatic heterocycles. The molecule has 0 aliphatic rings. The lowest BCUT2D eigenvalue weighted by Crippen LogP contribution is -2.35. The standard InChI is InChI=1S/C20H19ClN4O2/c1-12-5-4-6-17(13(12)2)23-19(26)14(3)25-20(27)24-18(11-22-25)15-7-9-16(21)10-8-15/h4-11,14H,1-3H3,(H,23,26)/t14-/m1/s1. The summed E-state index contributed by atoms with van der Waals surface area (Å²) in [5.41, 5.74) is 3.33. The zero-order valence-corrected chi connectivity index (χ0v) is 16.0. The summed E-state index contributed by atoms with van der Waals surface area (Å²) in [6.45, 7) is 5.51. The van der Waals surface area contributed by atoms with Gasteiger partial charge in [-0.15, -0.1) is 0 Å². The smallest absolute Gasteiger partial charge is 0.324 e. The van der Waals surface area contributed by atoms with Gasteiger partial charge in [-0.05, 0) is 50.1 Å². The molecule has 3 rings (SSSR count). The Morgan fingerprint density at radius 3 is 2.52 bits per heavy atom. The number of amides is 1. The van der Waals surface area contributed by atoms with Crippen LogP contribution >= 0.6 is 11.6 Å². The van der Waals surface area contributed by atoms with Crippen LogP contribution in [0.2, 0.25) is 5.02 Å². The van der Waals surface area contributed by atoms with Gasteiger partial charge in [-0.25, -0.2) is 9.48 Å². The van der Waals surface area contributed by atoms with Crippen LogP contribution in [0.4, 0.5) is 5.69 Å². The maximum atomic E-state index is 12.6. The summed E-state index contributed by atoms with van der Waals surface area (Å²) < 4.78 is 1.07. The molecule has 0 saturated heterocycles. The van der Waals surface area contributed by atoms with Crippen LogP contribution in [0.3, 0.4) is 0 Å². The van der Waals surface area contributed by atoms with Gasteiger partial charge in [-0.1, -0.05) is 35.9 Å². The van der Waals surface area contributed by atoms with E-state index in [2.05, 4.69) is 15.4 Å². The number of halogens is 1. The van der Waals surface area contributed by atoms with Crippen molar-refractivity contribution >= 4 is 23.2 Å². The van der Waals surface area contributed by atoms with E-state index in [1.807, 2.05) is 32.0 Å². The summed E-state index contributed by atoms with van der Waals surface area (Å²) in [6, 6.07) is 11.8. The number of nitrogens with zero attached hydrogens (tertiary/aromatic N) is 3. The van der Waals surface area contributed by atoms with E-state index in [1.54, 1.807) is 31.2 Å². The van der Waals surface area contributed by atoms with Crippen molar-refractivity contribution in [3.63, 3.8) is 0 Å². The van der Waals surface area contributed by atoms with Gasteiger partial charge in [0.05, 0.1) is 11.9 Å². The predicted molar refractivity (Wildman–Crippen MR) is 106 cm³/mol. The van der Waals surface area contributed by atoms with Crippen molar-refractivity contribution in [2.75, 3.05) is 5.32 Å². The van der Waals surface area contributed by atoms with E-state index in [0.717, 1.165) is 21.4 Å². The van der Waals surface area contributed by atoms with E-state index in [1.165, 1.54) is 6.20 Å². The third-order valence-electron chi connectivity index (χ3n) is 4.47. The molecule has 0 aliphatic carbocycles.